The van der Waals surface area contributed by atoms with E-state index in [0.29, 0.717) is 6.54 Å². The van der Waals surface area contributed by atoms with Gasteiger partial charge in [-0.2, -0.15) is 0 Å². The van der Waals surface area contributed by atoms with Crippen molar-refractivity contribution in [2.45, 2.75) is 25.0 Å². The Labute approximate surface area is 91.5 Å². The maximum absolute atomic E-state index is 11.6. The van der Waals surface area contributed by atoms with Crippen LogP contribution in [0.4, 0.5) is 0 Å². The van der Waals surface area contributed by atoms with Crippen molar-refractivity contribution in [1.82, 2.24) is 10.6 Å². The Balaban J connectivity index is 4.22. The lowest BCUT2D eigenvalue weighted by atomic mass is 10.2. The third kappa shape index (κ3) is 4.17. The van der Waals surface area contributed by atoms with Gasteiger partial charge in [0.25, 0.3) is 0 Å². The van der Waals surface area contributed by atoms with Crippen LogP contribution >= 0.6 is 0 Å². The van der Waals surface area contributed by atoms with Gasteiger partial charge < -0.3 is 10.6 Å². The van der Waals surface area contributed by atoms with Crippen molar-refractivity contribution < 1.29 is 13.2 Å². The Morgan fingerprint density at radius 2 is 1.80 bits per heavy atom. The molecular formula is C9H20N2O3S. The van der Waals surface area contributed by atoms with Crippen LogP contribution in [0.3, 0.4) is 0 Å². The second kappa shape index (κ2) is 5.46. The molecule has 0 saturated heterocycles. The number of hydrogen-bond donors (Lipinski definition) is 2. The van der Waals surface area contributed by atoms with E-state index in [-0.39, 0.29) is 0 Å². The molecular weight excluding hydrogens is 216 g/mol. The van der Waals surface area contributed by atoms with Crippen molar-refractivity contribution in [3.63, 3.8) is 0 Å². The summed E-state index contributed by atoms with van der Waals surface area (Å²) in [7, 11) is -1.55. The summed E-state index contributed by atoms with van der Waals surface area (Å²) in [6.45, 7) is 4.10. The number of carbonyl (C=O) groups is 1. The van der Waals surface area contributed by atoms with E-state index < -0.39 is 20.5 Å². The summed E-state index contributed by atoms with van der Waals surface area (Å²) < 4.78 is 21.3. The van der Waals surface area contributed by atoms with E-state index in [4.69, 9.17) is 0 Å². The summed E-state index contributed by atoms with van der Waals surface area (Å²) >= 11 is 0. The van der Waals surface area contributed by atoms with Gasteiger partial charge in [-0.05, 0) is 33.9 Å². The van der Waals surface area contributed by atoms with Crippen molar-refractivity contribution in [2.24, 2.45) is 0 Å². The summed E-state index contributed by atoms with van der Waals surface area (Å²) in [4.78, 5) is 11.6. The van der Waals surface area contributed by atoms with Gasteiger partial charge in [-0.15, -0.1) is 0 Å². The lowest BCUT2D eigenvalue weighted by Gasteiger charge is -2.21. The number of amides is 1. The molecule has 15 heavy (non-hydrogen) atoms. The van der Waals surface area contributed by atoms with Crippen LogP contribution < -0.4 is 10.6 Å². The van der Waals surface area contributed by atoms with Gasteiger partial charge in [0.1, 0.15) is 4.75 Å². The molecule has 0 radical (unpaired) electrons. The highest BCUT2D eigenvalue weighted by atomic mass is 32.2. The molecule has 0 heterocycles. The molecule has 1 amide bonds. The fourth-order valence-electron chi connectivity index (χ4n) is 0.848. The summed E-state index contributed by atoms with van der Waals surface area (Å²) in [6, 6.07) is 0. The van der Waals surface area contributed by atoms with Gasteiger partial charge in [-0.25, -0.2) is 8.42 Å². The minimum absolute atomic E-state index is 0.443. The second-order valence-electron chi connectivity index (χ2n) is 4.00. The summed E-state index contributed by atoms with van der Waals surface area (Å²) in [6.07, 6.45) is 1.85. The molecule has 0 aromatic carbocycles. The topological polar surface area (TPSA) is 75.3 Å². The van der Waals surface area contributed by atoms with E-state index in [2.05, 4.69) is 10.6 Å². The standard InChI is InChI=1S/C9H20N2O3S/c1-9(2,15(4,13)14)8(12)11-7-5-6-10-3/h10H,5-7H2,1-4H3,(H,11,12). The van der Waals surface area contributed by atoms with Gasteiger partial charge in [0.05, 0.1) is 0 Å². The van der Waals surface area contributed by atoms with Crippen LogP contribution in [0, 0.1) is 0 Å². The first-order chi connectivity index (χ1) is 6.73. The summed E-state index contributed by atoms with van der Waals surface area (Å²) in [5.41, 5.74) is 0. The Kier molecular flexibility index (Phi) is 5.23. The van der Waals surface area contributed by atoms with Crippen molar-refractivity contribution in [2.75, 3.05) is 26.4 Å². The lowest BCUT2D eigenvalue weighted by Crippen LogP contribution is -2.48. The van der Waals surface area contributed by atoms with E-state index in [1.54, 1.807) is 0 Å². The zero-order valence-electron chi connectivity index (χ0n) is 9.75. The van der Waals surface area contributed by atoms with Crippen LogP contribution in [0.5, 0.6) is 0 Å². The first-order valence-electron chi connectivity index (χ1n) is 4.86. The third-order valence-corrected chi connectivity index (χ3v) is 4.40. The fourth-order valence-corrected chi connectivity index (χ4v) is 1.26. The third-order valence-electron chi connectivity index (χ3n) is 2.36. The van der Waals surface area contributed by atoms with Gasteiger partial charge in [0, 0.05) is 12.8 Å². The Morgan fingerprint density at radius 1 is 1.27 bits per heavy atom. The van der Waals surface area contributed by atoms with Crippen molar-refractivity contribution in [1.29, 1.82) is 0 Å². The van der Waals surface area contributed by atoms with Gasteiger partial charge in [-0.1, -0.05) is 0 Å². The zero-order chi connectivity index (χ0) is 12.1. The first kappa shape index (κ1) is 14.4. The maximum atomic E-state index is 11.6. The molecule has 0 bridgehead atoms. The van der Waals surface area contributed by atoms with Crippen molar-refractivity contribution >= 4 is 15.7 Å². The van der Waals surface area contributed by atoms with Crippen molar-refractivity contribution in [3.05, 3.63) is 0 Å². The largest absolute Gasteiger partial charge is 0.355 e. The SMILES string of the molecule is CNCCCNC(=O)C(C)(C)S(C)(=O)=O. The average Bonchev–Trinajstić information content (AvgIpc) is 2.10. The minimum atomic E-state index is -3.37. The van der Waals surface area contributed by atoms with Gasteiger partial charge in [-0.3, -0.25) is 4.79 Å². The number of sulfone groups is 1. The number of nitrogens with one attached hydrogen (secondary N) is 2. The average molecular weight is 236 g/mol. The van der Waals surface area contributed by atoms with Gasteiger partial charge in [0.15, 0.2) is 9.84 Å². The molecule has 6 heteroatoms. The number of carbonyl (C=O) groups excluding carboxylic acids is 1. The Hall–Kier alpha value is -0.620. The van der Waals surface area contributed by atoms with Gasteiger partial charge >= 0.3 is 0 Å². The van der Waals surface area contributed by atoms with E-state index >= 15 is 0 Å². The monoisotopic (exact) mass is 236 g/mol. The molecule has 0 aliphatic carbocycles. The quantitative estimate of drug-likeness (QED) is 0.612. The van der Waals surface area contributed by atoms with E-state index in [1.165, 1.54) is 13.8 Å². The molecule has 2 N–H and O–H groups in total. The van der Waals surface area contributed by atoms with Gasteiger partial charge in [0.2, 0.25) is 5.91 Å². The molecule has 0 unspecified atom stereocenters. The highest BCUT2D eigenvalue weighted by Crippen LogP contribution is 2.14. The molecule has 0 fully saturated rings. The van der Waals surface area contributed by atoms with Crippen LogP contribution in [-0.2, 0) is 14.6 Å². The first-order valence-corrected chi connectivity index (χ1v) is 6.75. The predicted octanol–water partition coefficient (Wildman–Crippen LogP) is -0.465. The molecule has 0 aromatic rings. The Morgan fingerprint density at radius 3 is 2.20 bits per heavy atom. The predicted molar refractivity (Wildman–Crippen MR) is 60.5 cm³/mol. The molecule has 0 aromatic heterocycles. The molecule has 0 aliphatic heterocycles. The Bertz CT molecular complexity index is 309. The molecule has 0 atom stereocenters. The summed E-state index contributed by atoms with van der Waals surface area (Å²) in [5, 5.41) is 5.55. The highest BCUT2D eigenvalue weighted by Gasteiger charge is 2.37. The summed E-state index contributed by atoms with van der Waals surface area (Å²) in [5.74, 6) is -0.443. The molecule has 90 valence electrons. The second-order valence-corrected chi connectivity index (χ2v) is 6.56. The smallest absolute Gasteiger partial charge is 0.240 e. The number of hydrogen-bond acceptors (Lipinski definition) is 4. The van der Waals surface area contributed by atoms with E-state index in [1.807, 2.05) is 7.05 Å². The van der Waals surface area contributed by atoms with Crippen LogP contribution in [0.1, 0.15) is 20.3 Å². The molecule has 0 spiro atoms. The normalized spacial score (nSPS) is 12.5. The zero-order valence-corrected chi connectivity index (χ0v) is 10.6. The van der Waals surface area contributed by atoms with Crippen LogP contribution in [0.25, 0.3) is 0 Å². The minimum Gasteiger partial charge on any atom is -0.355 e. The molecule has 0 rings (SSSR count). The van der Waals surface area contributed by atoms with E-state index in [0.717, 1.165) is 19.2 Å². The highest BCUT2D eigenvalue weighted by molar-refractivity contribution is 7.92. The van der Waals surface area contributed by atoms with Crippen LogP contribution in [0.2, 0.25) is 0 Å². The molecule has 0 aliphatic rings. The van der Waals surface area contributed by atoms with Crippen molar-refractivity contribution in [3.8, 4) is 0 Å². The molecule has 0 saturated carbocycles. The molecule has 5 nitrogen and oxygen atoms in total. The van der Waals surface area contributed by atoms with Crippen LogP contribution in [-0.4, -0.2) is 45.5 Å². The number of rotatable bonds is 6. The van der Waals surface area contributed by atoms with E-state index in [9.17, 15) is 13.2 Å². The lowest BCUT2D eigenvalue weighted by molar-refractivity contribution is -0.122. The maximum Gasteiger partial charge on any atom is 0.240 e. The van der Waals surface area contributed by atoms with Crippen LogP contribution in [0.15, 0.2) is 0 Å². The fraction of sp³-hybridized carbons (Fsp3) is 0.889.